The number of nitrogens with zero attached hydrogens (tertiary/aromatic N) is 1. The van der Waals surface area contributed by atoms with Gasteiger partial charge in [-0.05, 0) is 55.6 Å². The van der Waals surface area contributed by atoms with Crippen LogP contribution in [0.25, 0.3) is 0 Å². The molecule has 2 fully saturated rings. The molecule has 0 aromatic carbocycles. The molecule has 0 atom stereocenters. The molecule has 0 radical (unpaired) electrons. The molecule has 1 heterocycles. The summed E-state index contributed by atoms with van der Waals surface area (Å²) < 4.78 is 6.03. The van der Waals surface area contributed by atoms with Gasteiger partial charge in [-0.3, -0.25) is 4.98 Å². The molecule has 1 aromatic rings. The molecule has 116 valence electrons. The highest BCUT2D eigenvalue weighted by atomic mass is 16.5. The van der Waals surface area contributed by atoms with Crippen LogP contribution < -0.4 is 5.32 Å². The summed E-state index contributed by atoms with van der Waals surface area (Å²) in [5.41, 5.74) is 2.83. The molecule has 0 amide bonds. The van der Waals surface area contributed by atoms with Gasteiger partial charge in [0.15, 0.2) is 0 Å². The van der Waals surface area contributed by atoms with Gasteiger partial charge in [-0.15, -0.1) is 0 Å². The van der Waals surface area contributed by atoms with Crippen molar-refractivity contribution in [2.24, 2.45) is 5.41 Å². The average Bonchev–Trinajstić information content (AvgIpc) is 3.29. The first-order chi connectivity index (χ1) is 10.1. The number of hydrogen-bond donors (Lipinski definition) is 1. The van der Waals surface area contributed by atoms with Gasteiger partial charge in [0.2, 0.25) is 0 Å². The number of aromatic nitrogens is 1. The second kappa shape index (κ2) is 6.45. The molecule has 2 aliphatic carbocycles. The smallest absolute Gasteiger partial charge is 0.0891 e. The fourth-order valence-electron chi connectivity index (χ4n) is 2.94. The minimum absolute atomic E-state index is 0.427. The zero-order valence-corrected chi connectivity index (χ0v) is 13.4. The van der Waals surface area contributed by atoms with Gasteiger partial charge >= 0.3 is 0 Å². The Morgan fingerprint density at radius 1 is 1.19 bits per heavy atom. The van der Waals surface area contributed by atoms with Crippen LogP contribution in [0.3, 0.4) is 0 Å². The molecule has 0 bridgehead atoms. The van der Waals surface area contributed by atoms with Crippen LogP contribution in [-0.2, 0) is 17.9 Å². The molecule has 3 heteroatoms. The molecule has 3 rings (SSSR count). The van der Waals surface area contributed by atoms with Crippen molar-refractivity contribution < 1.29 is 4.74 Å². The predicted octanol–water partition coefficient (Wildman–Crippen LogP) is 3.82. The first-order valence-electron chi connectivity index (χ1n) is 8.39. The van der Waals surface area contributed by atoms with Crippen molar-refractivity contribution in [3.05, 3.63) is 29.6 Å². The van der Waals surface area contributed by atoms with E-state index in [4.69, 9.17) is 4.74 Å². The Balaban J connectivity index is 1.40. The summed E-state index contributed by atoms with van der Waals surface area (Å²) in [5.74, 6) is 0. The summed E-state index contributed by atoms with van der Waals surface area (Å²) in [6.45, 7) is 6.32. The van der Waals surface area contributed by atoms with Crippen LogP contribution in [0.1, 0.15) is 63.6 Å². The Hall–Kier alpha value is -0.930. The van der Waals surface area contributed by atoms with Gasteiger partial charge in [-0.1, -0.05) is 19.9 Å². The van der Waals surface area contributed by atoms with Crippen LogP contribution >= 0.6 is 0 Å². The topological polar surface area (TPSA) is 34.1 Å². The van der Waals surface area contributed by atoms with Gasteiger partial charge in [0.25, 0.3) is 0 Å². The largest absolute Gasteiger partial charge is 0.372 e. The van der Waals surface area contributed by atoms with Gasteiger partial charge in [-0.25, -0.2) is 0 Å². The molecule has 1 aromatic heterocycles. The fourth-order valence-corrected chi connectivity index (χ4v) is 2.94. The summed E-state index contributed by atoms with van der Waals surface area (Å²) in [7, 11) is 0. The number of nitrogens with one attached hydrogen (secondary N) is 1. The second-order valence-electron chi connectivity index (χ2n) is 7.49. The third kappa shape index (κ3) is 4.79. The van der Waals surface area contributed by atoms with Crippen molar-refractivity contribution in [2.45, 2.75) is 77.7 Å². The van der Waals surface area contributed by atoms with Gasteiger partial charge < -0.3 is 10.1 Å². The molecule has 1 N–H and O–H groups in total. The zero-order valence-electron chi connectivity index (χ0n) is 13.4. The maximum absolute atomic E-state index is 6.03. The average molecular weight is 288 g/mol. The number of hydrogen-bond acceptors (Lipinski definition) is 3. The van der Waals surface area contributed by atoms with Gasteiger partial charge in [0.05, 0.1) is 18.4 Å². The van der Waals surface area contributed by atoms with E-state index in [0.717, 1.165) is 18.3 Å². The highest BCUT2D eigenvalue weighted by molar-refractivity contribution is 5.13. The lowest BCUT2D eigenvalue weighted by Crippen LogP contribution is -2.26. The maximum atomic E-state index is 6.03. The van der Waals surface area contributed by atoms with Crippen LogP contribution in [0, 0.1) is 5.41 Å². The molecule has 3 nitrogen and oxygen atoms in total. The van der Waals surface area contributed by atoms with E-state index >= 15 is 0 Å². The molecule has 0 spiro atoms. The second-order valence-corrected chi connectivity index (χ2v) is 7.49. The van der Waals surface area contributed by atoms with Crippen molar-refractivity contribution in [3.8, 4) is 0 Å². The van der Waals surface area contributed by atoms with Crippen molar-refractivity contribution in [1.82, 2.24) is 10.3 Å². The Labute approximate surface area is 128 Å². The Morgan fingerprint density at radius 2 is 1.95 bits per heavy atom. The molecule has 21 heavy (non-hydrogen) atoms. The Kier molecular flexibility index (Phi) is 4.60. The molecule has 0 unspecified atom stereocenters. The molecule has 2 aliphatic rings. The van der Waals surface area contributed by atoms with Gasteiger partial charge in [-0.2, -0.15) is 0 Å². The SMILES string of the molecule is CC1(C)CCC(OCc2ccc(CNC3CC3)cn2)CC1. The standard InChI is InChI=1S/C18H28N2O/c1-18(2)9-7-17(8-10-18)21-13-16-4-3-14(12-20-16)11-19-15-5-6-15/h3-4,12,15,17,19H,5-11,13H2,1-2H3. The van der Waals surface area contributed by atoms with Crippen molar-refractivity contribution in [2.75, 3.05) is 0 Å². The zero-order chi connectivity index (χ0) is 14.7. The molecular formula is C18H28N2O. The van der Waals surface area contributed by atoms with E-state index in [0.29, 0.717) is 18.1 Å². The quantitative estimate of drug-likeness (QED) is 0.864. The molecule has 2 saturated carbocycles. The normalized spacial score (nSPS) is 22.4. The van der Waals surface area contributed by atoms with E-state index in [2.05, 4.69) is 36.3 Å². The lowest BCUT2D eigenvalue weighted by molar-refractivity contribution is -0.00688. The van der Waals surface area contributed by atoms with Crippen LogP contribution in [0.2, 0.25) is 0 Å². The van der Waals surface area contributed by atoms with Crippen molar-refractivity contribution in [3.63, 3.8) is 0 Å². The summed E-state index contributed by atoms with van der Waals surface area (Å²) in [6, 6.07) is 5.03. The Bertz CT molecular complexity index is 441. The minimum atomic E-state index is 0.427. The monoisotopic (exact) mass is 288 g/mol. The van der Waals surface area contributed by atoms with E-state index in [1.54, 1.807) is 0 Å². The first-order valence-corrected chi connectivity index (χ1v) is 8.39. The third-order valence-corrected chi connectivity index (χ3v) is 4.81. The maximum Gasteiger partial charge on any atom is 0.0891 e. The lowest BCUT2D eigenvalue weighted by Gasteiger charge is -2.34. The van der Waals surface area contributed by atoms with Gasteiger partial charge in [0.1, 0.15) is 0 Å². The Morgan fingerprint density at radius 3 is 2.57 bits per heavy atom. The van der Waals surface area contributed by atoms with E-state index in [9.17, 15) is 0 Å². The van der Waals surface area contributed by atoms with E-state index in [-0.39, 0.29) is 0 Å². The molecular weight excluding hydrogens is 260 g/mol. The molecule has 0 saturated heterocycles. The van der Waals surface area contributed by atoms with E-state index in [1.165, 1.54) is 44.1 Å². The highest BCUT2D eigenvalue weighted by Crippen LogP contribution is 2.36. The van der Waals surface area contributed by atoms with Gasteiger partial charge in [0, 0.05) is 18.8 Å². The van der Waals surface area contributed by atoms with Crippen LogP contribution in [0.5, 0.6) is 0 Å². The summed E-state index contributed by atoms with van der Waals surface area (Å²) >= 11 is 0. The van der Waals surface area contributed by atoms with Crippen LogP contribution in [0.4, 0.5) is 0 Å². The predicted molar refractivity (Wildman–Crippen MR) is 84.9 cm³/mol. The first kappa shape index (κ1) is 15.0. The third-order valence-electron chi connectivity index (χ3n) is 4.81. The van der Waals surface area contributed by atoms with Crippen molar-refractivity contribution >= 4 is 0 Å². The number of pyridine rings is 1. The summed E-state index contributed by atoms with van der Waals surface area (Å²) in [6.07, 6.45) is 10.0. The minimum Gasteiger partial charge on any atom is -0.372 e. The van der Waals surface area contributed by atoms with Crippen molar-refractivity contribution in [1.29, 1.82) is 0 Å². The highest BCUT2D eigenvalue weighted by Gasteiger charge is 2.27. The lowest BCUT2D eigenvalue weighted by atomic mass is 9.76. The van der Waals surface area contributed by atoms with Crippen LogP contribution in [0.15, 0.2) is 18.3 Å². The number of ether oxygens (including phenoxy) is 1. The van der Waals surface area contributed by atoms with Crippen LogP contribution in [-0.4, -0.2) is 17.1 Å². The molecule has 0 aliphatic heterocycles. The fraction of sp³-hybridized carbons (Fsp3) is 0.722. The number of rotatable bonds is 6. The van der Waals surface area contributed by atoms with E-state index < -0.39 is 0 Å². The van der Waals surface area contributed by atoms with E-state index in [1.807, 2.05) is 6.20 Å². The summed E-state index contributed by atoms with van der Waals surface area (Å²) in [4.78, 5) is 4.53. The summed E-state index contributed by atoms with van der Waals surface area (Å²) in [5, 5.41) is 3.51.